The Balaban J connectivity index is 3.34. The molecule has 0 aliphatic heterocycles. The molecule has 1 atom stereocenters. The van der Waals surface area contributed by atoms with Gasteiger partial charge in [0.1, 0.15) is 19.0 Å². The minimum atomic E-state index is -0.388. The molecule has 0 aromatic rings. The number of nitrogens with one attached hydrogen (secondary N) is 1. The maximum absolute atomic E-state index is 11.7. The zero-order valence-corrected chi connectivity index (χ0v) is 17.9. The van der Waals surface area contributed by atoms with Crippen LogP contribution in [0.4, 0.5) is 0 Å². The number of rotatable bonds is 21. The van der Waals surface area contributed by atoms with Gasteiger partial charge in [0.2, 0.25) is 5.91 Å². The predicted octanol–water partition coefficient (Wildman–Crippen LogP) is 0.625. The van der Waals surface area contributed by atoms with Crippen molar-refractivity contribution in [3.05, 3.63) is 0 Å². The molecule has 0 aliphatic rings. The van der Waals surface area contributed by atoms with E-state index < -0.39 is 0 Å². The van der Waals surface area contributed by atoms with Gasteiger partial charge < -0.3 is 30.0 Å². The minimum absolute atomic E-state index is 0.00133. The molecule has 0 unspecified atom stereocenters. The maximum atomic E-state index is 11.7. The lowest BCUT2D eigenvalue weighted by atomic mass is 10.0. The van der Waals surface area contributed by atoms with Crippen molar-refractivity contribution in [2.75, 3.05) is 59.4 Å². The molecule has 0 heterocycles. The normalized spacial score (nSPS) is 12.0. The fraction of sp³-hybridized carbons (Fsp3) is 0.850. The summed E-state index contributed by atoms with van der Waals surface area (Å²) in [6, 6.07) is -0.388. The summed E-state index contributed by atoms with van der Waals surface area (Å²) in [5.41, 5.74) is 5.65. The summed E-state index contributed by atoms with van der Waals surface area (Å²) in [5.74, 6) is -0.144. The molecule has 0 radical (unpaired) electrons. The molecule has 0 spiro atoms. The molecular weight excluding hydrogens is 380 g/mol. The number of hydrogen-bond acceptors (Lipinski definition) is 8. The topological polar surface area (TPSA) is 126 Å². The predicted molar refractivity (Wildman–Crippen MR) is 109 cm³/mol. The molecule has 29 heavy (non-hydrogen) atoms. The molecule has 9 heteroatoms. The van der Waals surface area contributed by atoms with Crippen LogP contribution in [0.5, 0.6) is 0 Å². The van der Waals surface area contributed by atoms with Crippen LogP contribution >= 0.6 is 0 Å². The van der Waals surface area contributed by atoms with Gasteiger partial charge in [-0.1, -0.05) is 12.8 Å². The zero-order valence-electron chi connectivity index (χ0n) is 17.9. The van der Waals surface area contributed by atoms with Crippen molar-refractivity contribution < 1.29 is 33.3 Å². The van der Waals surface area contributed by atoms with Crippen LogP contribution in [-0.2, 0) is 33.3 Å². The average Bonchev–Trinajstić information content (AvgIpc) is 2.69. The number of Topliss-reactive ketones (excluding diaryl/α,β-unsaturated/α-hetero) is 2. The Labute approximate surface area is 174 Å². The van der Waals surface area contributed by atoms with Crippen molar-refractivity contribution in [2.24, 2.45) is 5.73 Å². The largest absolute Gasteiger partial charge is 0.379 e. The molecular formula is C20H38N2O7. The fourth-order valence-corrected chi connectivity index (χ4v) is 2.29. The fourth-order valence-electron chi connectivity index (χ4n) is 2.29. The van der Waals surface area contributed by atoms with Crippen molar-refractivity contribution in [3.63, 3.8) is 0 Å². The molecule has 9 nitrogen and oxygen atoms in total. The molecule has 170 valence electrons. The van der Waals surface area contributed by atoms with E-state index in [4.69, 9.17) is 24.7 Å². The molecule has 0 rings (SSSR count). The van der Waals surface area contributed by atoms with E-state index in [0.29, 0.717) is 59.0 Å². The molecule has 0 bridgehead atoms. The molecule has 0 aliphatic carbocycles. The Kier molecular flexibility index (Phi) is 19.0. The third-order valence-corrected chi connectivity index (χ3v) is 4.01. The van der Waals surface area contributed by atoms with E-state index in [9.17, 15) is 14.4 Å². The van der Waals surface area contributed by atoms with Crippen molar-refractivity contribution >= 4 is 17.5 Å². The molecule has 0 aromatic carbocycles. The molecule has 3 N–H and O–H groups in total. The van der Waals surface area contributed by atoms with Crippen LogP contribution in [0.15, 0.2) is 0 Å². The summed E-state index contributed by atoms with van der Waals surface area (Å²) in [7, 11) is 0. The first-order valence-electron chi connectivity index (χ1n) is 10.3. The van der Waals surface area contributed by atoms with E-state index in [2.05, 4.69) is 5.32 Å². The third kappa shape index (κ3) is 19.7. The van der Waals surface area contributed by atoms with E-state index in [1.165, 1.54) is 6.92 Å². The van der Waals surface area contributed by atoms with Crippen molar-refractivity contribution in [1.82, 2.24) is 5.32 Å². The summed E-state index contributed by atoms with van der Waals surface area (Å²) in [5, 5.41) is 2.68. The Morgan fingerprint density at radius 2 is 1.52 bits per heavy atom. The highest BCUT2D eigenvalue weighted by Gasteiger charge is 2.07. The summed E-state index contributed by atoms with van der Waals surface area (Å²) < 4.78 is 20.8. The Morgan fingerprint density at radius 3 is 2.21 bits per heavy atom. The van der Waals surface area contributed by atoms with Gasteiger partial charge in [0.15, 0.2) is 5.78 Å². The van der Waals surface area contributed by atoms with Gasteiger partial charge in [0.05, 0.1) is 39.1 Å². The molecule has 0 saturated carbocycles. The van der Waals surface area contributed by atoms with Gasteiger partial charge >= 0.3 is 0 Å². The SMILES string of the molecule is CCOCCOCC(=O)NCCOCCOCC(=O)CCCCC[C@H](N)C(C)=O. The van der Waals surface area contributed by atoms with Gasteiger partial charge in [-0.3, -0.25) is 14.4 Å². The van der Waals surface area contributed by atoms with Gasteiger partial charge in [-0.2, -0.15) is 0 Å². The third-order valence-electron chi connectivity index (χ3n) is 4.01. The van der Waals surface area contributed by atoms with Crippen LogP contribution in [0.3, 0.4) is 0 Å². The number of carbonyl (C=O) groups excluding carboxylic acids is 3. The lowest BCUT2D eigenvalue weighted by molar-refractivity contribution is -0.127. The van der Waals surface area contributed by atoms with Gasteiger partial charge in [0.25, 0.3) is 0 Å². The zero-order chi connectivity index (χ0) is 21.7. The second-order valence-corrected chi connectivity index (χ2v) is 6.62. The lowest BCUT2D eigenvalue weighted by Gasteiger charge is -2.08. The Hall–Kier alpha value is -1.39. The maximum Gasteiger partial charge on any atom is 0.246 e. The average molecular weight is 419 g/mol. The number of ketones is 2. The monoisotopic (exact) mass is 418 g/mol. The van der Waals surface area contributed by atoms with Gasteiger partial charge in [-0.15, -0.1) is 0 Å². The van der Waals surface area contributed by atoms with Crippen LogP contribution in [-0.4, -0.2) is 82.9 Å². The summed E-state index contributed by atoms with van der Waals surface area (Å²) >= 11 is 0. The minimum Gasteiger partial charge on any atom is -0.379 e. The highest BCUT2D eigenvalue weighted by atomic mass is 16.5. The summed E-state index contributed by atoms with van der Waals surface area (Å²) in [6.45, 7) is 6.40. The van der Waals surface area contributed by atoms with Crippen LogP contribution in [0.1, 0.15) is 46.0 Å². The number of amides is 1. The Morgan fingerprint density at radius 1 is 0.862 bits per heavy atom. The van der Waals surface area contributed by atoms with E-state index in [1.807, 2.05) is 6.92 Å². The van der Waals surface area contributed by atoms with Crippen LogP contribution in [0, 0.1) is 0 Å². The first kappa shape index (κ1) is 27.6. The summed E-state index contributed by atoms with van der Waals surface area (Å²) in [4.78, 5) is 34.2. The highest BCUT2D eigenvalue weighted by Crippen LogP contribution is 2.06. The Bertz CT molecular complexity index is 447. The number of nitrogens with two attached hydrogens (primary N) is 1. The smallest absolute Gasteiger partial charge is 0.246 e. The second-order valence-electron chi connectivity index (χ2n) is 6.62. The first-order chi connectivity index (χ1) is 14.0. The van der Waals surface area contributed by atoms with Crippen molar-refractivity contribution in [3.8, 4) is 0 Å². The number of unbranched alkanes of at least 4 members (excludes halogenated alkanes) is 2. The number of hydrogen-bond donors (Lipinski definition) is 2. The van der Waals surface area contributed by atoms with Crippen molar-refractivity contribution in [1.29, 1.82) is 0 Å². The van der Waals surface area contributed by atoms with E-state index >= 15 is 0 Å². The van der Waals surface area contributed by atoms with E-state index in [0.717, 1.165) is 19.3 Å². The van der Waals surface area contributed by atoms with Gasteiger partial charge in [-0.25, -0.2) is 0 Å². The standard InChI is InChI=1S/C20H38N2O7/c1-3-26-11-13-29-16-20(25)22-9-10-27-12-14-28-15-18(24)7-5-4-6-8-19(21)17(2)23/h19H,3-16,21H2,1-2H3,(H,22,25)/t19-/m0/s1. The van der Waals surface area contributed by atoms with Gasteiger partial charge in [0, 0.05) is 19.6 Å². The van der Waals surface area contributed by atoms with E-state index in [-0.39, 0.29) is 36.7 Å². The lowest BCUT2D eigenvalue weighted by Crippen LogP contribution is -2.31. The van der Waals surface area contributed by atoms with Crippen LogP contribution in [0.2, 0.25) is 0 Å². The molecule has 1 amide bonds. The number of ether oxygens (including phenoxy) is 4. The van der Waals surface area contributed by atoms with Gasteiger partial charge in [-0.05, 0) is 26.7 Å². The van der Waals surface area contributed by atoms with Crippen LogP contribution < -0.4 is 11.1 Å². The molecule has 0 aromatic heterocycles. The highest BCUT2D eigenvalue weighted by molar-refractivity contribution is 5.81. The molecule has 0 saturated heterocycles. The second kappa shape index (κ2) is 19.9. The van der Waals surface area contributed by atoms with Crippen LogP contribution in [0.25, 0.3) is 0 Å². The molecule has 0 fully saturated rings. The van der Waals surface area contributed by atoms with E-state index in [1.54, 1.807) is 0 Å². The first-order valence-corrected chi connectivity index (χ1v) is 10.3. The van der Waals surface area contributed by atoms with Crippen molar-refractivity contribution in [2.45, 2.75) is 52.0 Å². The summed E-state index contributed by atoms with van der Waals surface area (Å²) in [6.07, 6.45) is 3.63. The quantitative estimate of drug-likeness (QED) is 0.260. The number of carbonyl (C=O) groups is 3.